The number of amides is 3. The molecule has 3 amide bonds. The highest BCUT2D eigenvalue weighted by atomic mass is 16.6. The van der Waals surface area contributed by atoms with E-state index in [-0.39, 0.29) is 19.6 Å². The van der Waals surface area contributed by atoms with Crippen LogP contribution in [0.3, 0.4) is 0 Å². The fourth-order valence-corrected chi connectivity index (χ4v) is 5.85. The van der Waals surface area contributed by atoms with Gasteiger partial charge in [0.25, 0.3) is 5.91 Å². The van der Waals surface area contributed by atoms with Gasteiger partial charge in [0.05, 0.1) is 18.6 Å². The van der Waals surface area contributed by atoms with E-state index >= 15 is 0 Å². The zero-order valence-electron chi connectivity index (χ0n) is 22.6. The molecule has 0 bridgehead atoms. The molecule has 1 aromatic carbocycles. The molecule has 1 aromatic heterocycles. The zero-order valence-corrected chi connectivity index (χ0v) is 22.6. The van der Waals surface area contributed by atoms with Crippen molar-refractivity contribution in [2.24, 2.45) is 24.6 Å². The number of nitrogens with two attached hydrogens (primary N) is 1. The number of carbonyl (C=O) groups is 4. The van der Waals surface area contributed by atoms with Crippen LogP contribution in [0, 0.1) is 11.8 Å². The summed E-state index contributed by atoms with van der Waals surface area (Å²) >= 11 is 0. The average molecular weight is 541 g/mol. The number of ether oxygens (including phenoxy) is 1. The molecule has 2 aliphatic rings. The smallest absolute Gasteiger partial charge is 0.416 e. The Balaban J connectivity index is 1.40. The lowest BCUT2D eigenvalue weighted by Crippen LogP contribution is -2.48. The highest BCUT2D eigenvalue weighted by Crippen LogP contribution is 2.26. The number of fused-ring (bicyclic) bond motifs is 1. The largest absolute Gasteiger partial charge is 0.481 e. The molecule has 4 rings (SSSR count). The minimum atomic E-state index is -0.916. The number of hydrogen-bond acceptors (Lipinski definition) is 6. The third kappa shape index (κ3) is 6.98. The monoisotopic (exact) mass is 540 g/mol. The zero-order chi connectivity index (χ0) is 27.9. The summed E-state index contributed by atoms with van der Waals surface area (Å²) in [6.07, 6.45) is 7.18. The normalized spacial score (nSPS) is 20.5. The Hall–Kier alpha value is -3.40. The first-order chi connectivity index (χ1) is 18.8. The van der Waals surface area contributed by atoms with Crippen molar-refractivity contribution in [3.63, 3.8) is 0 Å². The molecule has 2 fully saturated rings. The summed E-state index contributed by atoms with van der Waals surface area (Å²) in [5.41, 5.74) is 7.36. The lowest BCUT2D eigenvalue weighted by molar-refractivity contribution is -0.142. The fraction of sp³-hybridized carbons (Fsp3) is 0.586. The molecule has 0 unspecified atom stereocenters. The number of imide groups is 1. The average Bonchev–Trinajstić information content (AvgIpc) is 3.54. The summed E-state index contributed by atoms with van der Waals surface area (Å²) in [4.78, 5) is 52.0. The molecule has 4 N–H and O–H groups in total. The molecule has 2 aromatic rings. The van der Waals surface area contributed by atoms with Gasteiger partial charge in [-0.15, -0.1) is 0 Å². The van der Waals surface area contributed by atoms with E-state index < -0.39 is 41.9 Å². The highest BCUT2D eigenvalue weighted by molar-refractivity contribution is 6.05. The van der Waals surface area contributed by atoms with Gasteiger partial charge in [-0.1, -0.05) is 43.9 Å². The van der Waals surface area contributed by atoms with Crippen molar-refractivity contribution in [1.29, 1.82) is 0 Å². The molecule has 1 heterocycles. The second kappa shape index (κ2) is 13.1. The minimum absolute atomic E-state index is 0.0476. The SMILES string of the molecule is Cn1c(C(=O)N(CCC[C@H](N)C(=O)N[C@H]2CCC[C@H]2C(=O)O)C(=O)OCC2CCCCC2)cc2ccccc21. The van der Waals surface area contributed by atoms with Gasteiger partial charge in [-0.05, 0) is 56.6 Å². The van der Waals surface area contributed by atoms with Gasteiger partial charge in [-0.3, -0.25) is 14.4 Å². The molecule has 2 saturated carbocycles. The van der Waals surface area contributed by atoms with E-state index in [0.29, 0.717) is 30.9 Å². The van der Waals surface area contributed by atoms with Gasteiger partial charge in [-0.25, -0.2) is 9.69 Å². The summed E-state index contributed by atoms with van der Waals surface area (Å²) < 4.78 is 7.38. The van der Waals surface area contributed by atoms with Crippen LogP contribution in [-0.2, 0) is 21.4 Å². The van der Waals surface area contributed by atoms with Crippen molar-refractivity contribution in [2.75, 3.05) is 13.2 Å². The van der Waals surface area contributed by atoms with E-state index in [1.54, 1.807) is 17.7 Å². The number of nitrogens with zero attached hydrogens (tertiary/aromatic N) is 2. The lowest BCUT2D eigenvalue weighted by Gasteiger charge is -2.25. The topological polar surface area (TPSA) is 144 Å². The van der Waals surface area contributed by atoms with Crippen molar-refractivity contribution >= 4 is 34.8 Å². The molecule has 0 spiro atoms. The fourth-order valence-electron chi connectivity index (χ4n) is 5.85. The minimum Gasteiger partial charge on any atom is -0.481 e. The van der Waals surface area contributed by atoms with Crippen LogP contribution < -0.4 is 11.1 Å². The van der Waals surface area contributed by atoms with E-state index in [1.165, 1.54) is 6.42 Å². The first kappa shape index (κ1) is 28.6. The molecule has 0 aliphatic heterocycles. The van der Waals surface area contributed by atoms with Crippen molar-refractivity contribution in [2.45, 2.75) is 76.3 Å². The van der Waals surface area contributed by atoms with Crippen LogP contribution in [0.4, 0.5) is 4.79 Å². The molecular formula is C29H40N4O6. The molecule has 10 heteroatoms. The second-order valence-electron chi connectivity index (χ2n) is 10.9. The maximum Gasteiger partial charge on any atom is 0.416 e. The predicted octanol–water partition coefficient (Wildman–Crippen LogP) is 3.81. The molecule has 39 heavy (non-hydrogen) atoms. The Morgan fingerprint density at radius 2 is 1.85 bits per heavy atom. The highest BCUT2D eigenvalue weighted by Gasteiger charge is 2.35. The number of rotatable bonds is 10. The third-order valence-electron chi connectivity index (χ3n) is 8.20. The number of para-hydroxylation sites is 1. The van der Waals surface area contributed by atoms with Gasteiger partial charge in [0.15, 0.2) is 0 Å². The van der Waals surface area contributed by atoms with Crippen molar-refractivity contribution < 1.29 is 29.0 Å². The Morgan fingerprint density at radius 1 is 1.10 bits per heavy atom. The molecule has 0 saturated heterocycles. The first-order valence-electron chi connectivity index (χ1n) is 14.1. The van der Waals surface area contributed by atoms with Gasteiger partial charge >= 0.3 is 12.1 Å². The number of carboxylic acid groups (broad SMARTS) is 1. The van der Waals surface area contributed by atoms with Gasteiger partial charge in [0.1, 0.15) is 5.69 Å². The Kier molecular flexibility index (Phi) is 9.61. The molecule has 10 nitrogen and oxygen atoms in total. The number of aryl methyl sites for hydroxylation is 1. The van der Waals surface area contributed by atoms with E-state index in [1.807, 2.05) is 24.3 Å². The Morgan fingerprint density at radius 3 is 2.56 bits per heavy atom. The van der Waals surface area contributed by atoms with Crippen LogP contribution >= 0.6 is 0 Å². The summed E-state index contributed by atoms with van der Waals surface area (Å²) in [7, 11) is 1.79. The number of hydrogen-bond donors (Lipinski definition) is 3. The standard InChI is InChI=1S/C29H40N4O6/c1-32-24-15-6-5-11-20(24)17-25(32)27(35)33(29(38)39-18-19-9-3-2-4-10-19)16-8-13-22(30)26(34)31-23-14-7-12-21(23)28(36)37/h5-6,11,15,17,19,21-23H,2-4,7-10,12-14,16,18,30H2,1H3,(H,31,34)(H,36,37)/t21-,22+,23+/m1/s1. The van der Waals surface area contributed by atoms with E-state index in [9.17, 15) is 24.3 Å². The maximum absolute atomic E-state index is 13.6. The Labute approximate surface area is 228 Å². The van der Waals surface area contributed by atoms with E-state index in [2.05, 4.69) is 5.32 Å². The number of carbonyl (C=O) groups excluding carboxylic acids is 3. The Bertz CT molecular complexity index is 1190. The summed E-state index contributed by atoms with van der Waals surface area (Å²) in [5, 5.41) is 13.0. The van der Waals surface area contributed by atoms with E-state index in [4.69, 9.17) is 10.5 Å². The number of aromatic nitrogens is 1. The van der Waals surface area contributed by atoms with Crippen LogP contribution in [0.15, 0.2) is 30.3 Å². The van der Waals surface area contributed by atoms with Gasteiger partial charge in [0.2, 0.25) is 5.91 Å². The third-order valence-corrected chi connectivity index (χ3v) is 8.20. The van der Waals surface area contributed by atoms with Crippen LogP contribution in [0.1, 0.15) is 74.7 Å². The number of aliphatic carboxylic acids is 1. The number of carboxylic acids is 1. The first-order valence-corrected chi connectivity index (χ1v) is 14.1. The predicted molar refractivity (Wildman–Crippen MR) is 146 cm³/mol. The molecule has 2 aliphatic carbocycles. The van der Waals surface area contributed by atoms with Crippen LogP contribution in [-0.4, -0.2) is 63.7 Å². The van der Waals surface area contributed by atoms with Crippen LogP contribution in [0.2, 0.25) is 0 Å². The molecule has 3 atom stereocenters. The summed E-state index contributed by atoms with van der Waals surface area (Å²) in [6, 6.07) is 8.06. The molecule has 212 valence electrons. The van der Waals surface area contributed by atoms with E-state index in [0.717, 1.165) is 47.9 Å². The summed E-state index contributed by atoms with van der Waals surface area (Å²) in [5.74, 6) is -2.09. The van der Waals surface area contributed by atoms with Crippen molar-refractivity contribution in [3.8, 4) is 0 Å². The number of nitrogens with one attached hydrogen (secondary N) is 1. The van der Waals surface area contributed by atoms with Crippen molar-refractivity contribution in [3.05, 3.63) is 36.0 Å². The van der Waals surface area contributed by atoms with Crippen molar-refractivity contribution in [1.82, 2.24) is 14.8 Å². The lowest BCUT2D eigenvalue weighted by atomic mass is 9.90. The van der Waals surface area contributed by atoms with Gasteiger partial charge in [0, 0.05) is 30.5 Å². The van der Waals surface area contributed by atoms with Gasteiger partial charge in [-0.2, -0.15) is 0 Å². The van der Waals surface area contributed by atoms with Gasteiger partial charge < -0.3 is 25.5 Å². The van der Waals surface area contributed by atoms with Crippen LogP contribution in [0.25, 0.3) is 10.9 Å². The maximum atomic E-state index is 13.6. The van der Waals surface area contributed by atoms with Crippen LogP contribution in [0.5, 0.6) is 0 Å². The molecule has 0 radical (unpaired) electrons. The summed E-state index contributed by atoms with van der Waals surface area (Å²) in [6.45, 7) is 0.331. The number of benzene rings is 1. The quantitative estimate of drug-likeness (QED) is 0.416. The second-order valence-corrected chi connectivity index (χ2v) is 10.9. The molecular weight excluding hydrogens is 500 g/mol.